The van der Waals surface area contributed by atoms with E-state index in [4.69, 9.17) is 9.90 Å². The summed E-state index contributed by atoms with van der Waals surface area (Å²) >= 11 is 0. The number of esters is 2. The van der Waals surface area contributed by atoms with Crippen LogP contribution in [0, 0.1) is 17.5 Å². The van der Waals surface area contributed by atoms with Crippen molar-refractivity contribution in [3.8, 4) is 0 Å². The summed E-state index contributed by atoms with van der Waals surface area (Å²) in [7, 11) is 1.44. The average Bonchev–Trinajstić information content (AvgIpc) is 2.27. The van der Waals surface area contributed by atoms with Crippen LogP contribution in [-0.2, 0) is 33.4 Å². The minimum atomic E-state index is -0.833. The zero-order chi connectivity index (χ0) is 17.4. The SMILES string of the molecule is C.CC(=O)O.CC(=O)O[C-](C)ON=O.CO[C-](C)OC(C)=O.[Rb+].[Rb+]. The molecule has 0 heterocycles. The van der Waals surface area contributed by atoms with Crippen LogP contribution in [0.1, 0.15) is 42.0 Å². The van der Waals surface area contributed by atoms with E-state index in [9.17, 15) is 14.5 Å². The van der Waals surface area contributed by atoms with Crippen LogP contribution in [-0.4, -0.2) is 30.1 Å². The Morgan fingerprint density at radius 2 is 1.21 bits per heavy atom. The monoisotopic (exact) mass is 495 g/mol. The van der Waals surface area contributed by atoms with Crippen LogP contribution in [0.15, 0.2) is 5.34 Å². The van der Waals surface area contributed by atoms with Crippen molar-refractivity contribution in [2.75, 3.05) is 7.11 Å². The van der Waals surface area contributed by atoms with Crippen molar-refractivity contribution in [3.63, 3.8) is 0 Å². The summed E-state index contributed by atoms with van der Waals surface area (Å²) in [5.41, 5.74) is 0. The summed E-state index contributed by atoms with van der Waals surface area (Å²) in [5, 5.41) is 9.44. The Bertz CT molecular complexity index is 326. The number of ether oxygens (including phenoxy) is 3. The van der Waals surface area contributed by atoms with Gasteiger partial charge in [0, 0.05) is 34.2 Å². The summed E-state index contributed by atoms with van der Waals surface area (Å²) in [6.07, 6.45) is 0.106. The summed E-state index contributed by atoms with van der Waals surface area (Å²) < 4.78 is 13.2. The first kappa shape index (κ1) is 40.2. The van der Waals surface area contributed by atoms with Crippen molar-refractivity contribution in [1.29, 1.82) is 0 Å². The number of carboxylic acids is 1. The Morgan fingerprint density at radius 3 is 1.38 bits per heavy atom. The molecular formula is C12H23NO9Rb2. The molecule has 0 saturated carbocycles. The van der Waals surface area contributed by atoms with Gasteiger partial charge in [0.1, 0.15) is 5.34 Å². The van der Waals surface area contributed by atoms with Crippen molar-refractivity contribution < 1.29 is 155 Å². The van der Waals surface area contributed by atoms with E-state index in [-0.39, 0.29) is 142 Å². The fourth-order valence-corrected chi connectivity index (χ4v) is 0.518. The van der Waals surface area contributed by atoms with E-state index >= 15 is 0 Å². The van der Waals surface area contributed by atoms with Gasteiger partial charge in [-0.15, -0.1) is 18.8 Å². The van der Waals surface area contributed by atoms with Gasteiger partial charge in [-0.2, -0.15) is 0 Å². The third-order valence-corrected chi connectivity index (χ3v) is 1.03. The number of carbonyl (C=O) groups excluding carboxylic acids is 2. The van der Waals surface area contributed by atoms with E-state index in [0.29, 0.717) is 0 Å². The van der Waals surface area contributed by atoms with Gasteiger partial charge in [0.15, 0.2) is 0 Å². The molecule has 0 bridgehead atoms. The third kappa shape index (κ3) is 56.6. The van der Waals surface area contributed by atoms with E-state index in [2.05, 4.69) is 19.0 Å². The quantitative estimate of drug-likeness (QED) is 0.176. The summed E-state index contributed by atoms with van der Waals surface area (Å²) in [6.45, 7) is 6.48. The van der Waals surface area contributed by atoms with Crippen LogP contribution in [0.3, 0.4) is 0 Å². The molecule has 0 unspecified atom stereocenters. The van der Waals surface area contributed by atoms with E-state index in [0.717, 1.165) is 6.92 Å². The maximum absolute atomic E-state index is 10.1. The van der Waals surface area contributed by atoms with Gasteiger partial charge in [-0.05, 0) is 6.29 Å². The van der Waals surface area contributed by atoms with Gasteiger partial charge in [0.2, 0.25) is 0 Å². The van der Waals surface area contributed by atoms with Crippen LogP contribution < -0.4 is 116 Å². The Hall–Kier alpha value is 1.38. The molecule has 0 aliphatic heterocycles. The predicted molar refractivity (Wildman–Crippen MR) is 75.3 cm³/mol. The molecule has 0 aromatic rings. The molecule has 0 aromatic carbocycles. The second kappa shape index (κ2) is 29.2. The third-order valence-electron chi connectivity index (χ3n) is 1.03. The Balaban J connectivity index is -0.0000000504. The summed E-state index contributed by atoms with van der Waals surface area (Å²) in [5.74, 6) is -1.74. The van der Waals surface area contributed by atoms with Crippen molar-refractivity contribution in [3.05, 3.63) is 17.5 Å². The van der Waals surface area contributed by atoms with Gasteiger partial charge < -0.3 is 24.2 Å². The standard InChI is InChI=1S/C5H9O3.C4H6NO4.C2H4O2.CH4.2Rb/c1-4(6)8-5(2)7-3;1-3(6)8-4(2)9-5-7;1-2(3)4;;;/h1-3H3;1-2H3;1H3,(H,3,4);1H4;;/q2*-1;;;2*+1. The second-order valence-corrected chi connectivity index (χ2v) is 3.06. The molecule has 0 aliphatic rings. The zero-order valence-corrected chi connectivity index (χ0v) is 24.5. The maximum Gasteiger partial charge on any atom is 1.00 e. The van der Waals surface area contributed by atoms with Crippen LogP contribution >= 0.6 is 0 Å². The molecule has 12 heteroatoms. The Morgan fingerprint density at radius 1 is 0.917 bits per heavy atom. The topological polar surface area (TPSA) is 138 Å². The fraction of sp³-hybridized carbons (Fsp3) is 0.583. The van der Waals surface area contributed by atoms with E-state index in [1.807, 2.05) is 5.34 Å². The molecule has 0 saturated heterocycles. The molecular weight excluding hydrogens is 473 g/mol. The first-order chi connectivity index (χ1) is 9.56. The molecule has 0 amide bonds. The number of hydrogen-bond acceptors (Lipinski definition) is 9. The van der Waals surface area contributed by atoms with Crippen molar-refractivity contribution in [2.24, 2.45) is 5.34 Å². The van der Waals surface area contributed by atoms with Crippen LogP contribution in [0.4, 0.5) is 0 Å². The molecule has 1 N–H and O–H groups in total. The zero-order valence-electron chi connectivity index (χ0n) is 14.7. The van der Waals surface area contributed by atoms with Crippen LogP contribution in [0.25, 0.3) is 0 Å². The van der Waals surface area contributed by atoms with Crippen LogP contribution in [0.5, 0.6) is 0 Å². The Labute approximate surface area is 240 Å². The minimum absolute atomic E-state index is 0. The average molecular weight is 496 g/mol. The summed E-state index contributed by atoms with van der Waals surface area (Å²) in [6, 6.07) is 0. The van der Waals surface area contributed by atoms with E-state index < -0.39 is 11.9 Å². The number of aliphatic carboxylic acids is 1. The molecule has 24 heavy (non-hydrogen) atoms. The first-order valence-corrected chi connectivity index (χ1v) is 5.33. The molecule has 132 valence electrons. The fourth-order valence-electron chi connectivity index (χ4n) is 0.518. The van der Waals surface area contributed by atoms with Crippen molar-refractivity contribution in [1.82, 2.24) is 0 Å². The number of hydrogen-bond donors (Lipinski definition) is 1. The number of nitrogens with zero attached hydrogens (tertiary/aromatic N) is 1. The summed E-state index contributed by atoms with van der Waals surface area (Å²) in [4.78, 5) is 42.4. The van der Waals surface area contributed by atoms with Crippen molar-refractivity contribution in [2.45, 2.75) is 42.0 Å². The minimum Gasteiger partial charge on any atom is -0.607 e. The first-order valence-electron chi connectivity index (χ1n) is 5.33. The van der Waals surface area contributed by atoms with Crippen molar-refractivity contribution >= 4 is 17.9 Å². The number of methoxy groups -OCH3 is 1. The molecule has 0 aliphatic carbocycles. The largest absolute Gasteiger partial charge is 1.00 e. The predicted octanol–water partition coefficient (Wildman–Crippen LogP) is -3.80. The number of carbonyl (C=O) groups is 3. The van der Waals surface area contributed by atoms with Gasteiger partial charge in [-0.1, -0.05) is 7.43 Å². The molecule has 0 aromatic heterocycles. The molecule has 0 atom stereocenters. The second-order valence-electron chi connectivity index (χ2n) is 3.06. The van der Waals surface area contributed by atoms with Gasteiger partial charge in [0.05, 0.1) is 0 Å². The van der Waals surface area contributed by atoms with E-state index in [1.165, 1.54) is 27.9 Å². The smallest absolute Gasteiger partial charge is 0.607 e. The normalized spacial score (nSPS) is 7.50. The van der Waals surface area contributed by atoms with Gasteiger partial charge >= 0.3 is 116 Å². The number of carboxylic acid groups (broad SMARTS) is 1. The molecule has 10 nitrogen and oxygen atoms in total. The Kier molecular flexibility index (Phi) is 48.8. The molecule has 0 spiro atoms. The molecule has 0 rings (SSSR count). The van der Waals surface area contributed by atoms with Gasteiger partial charge in [-0.3, -0.25) is 14.4 Å². The molecule has 0 radical (unpaired) electrons. The van der Waals surface area contributed by atoms with Gasteiger partial charge in [-0.25, -0.2) is 0 Å². The van der Waals surface area contributed by atoms with Gasteiger partial charge in [0.25, 0.3) is 17.9 Å². The number of rotatable bonds is 5. The maximum atomic E-state index is 10.1. The molecule has 0 fully saturated rings. The van der Waals surface area contributed by atoms with E-state index in [1.54, 1.807) is 6.92 Å². The van der Waals surface area contributed by atoms with Crippen LogP contribution in [0.2, 0.25) is 0 Å².